The number of ether oxygens (including phenoxy) is 1. The average molecular weight is 391 g/mol. The highest BCUT2D eigenvalue weighted by Gasteiger charge is 2.11. The molecule has 0 saturated carbocycles. The number of benzene rings is 3. The normalized spacial score (nSPS) is 10.8. The van der Waals surface area contributed by atoms with Crippen molar-refractivity contribution in [1.82, 2.24) is 0 Å². The summed E-state index contributed by atoms with van der Waals surface area (Å²) in [7, 11) is 0. The minimum absolute atomic E-state index is 0.0908. The van der Waals surface area contributed by atoms with E-state index in [4.69, 9.17) is 4.74 Å². The minimum atomic E-state index is -0.618. The van der Waals surface area contributed by atoms with Gasteiger partial charge in [-0.2, -0.15) is 10.2 Å². The molecule has 29 heavy (non-hydrogen) atoms. The first-order valence-electron chi connectivity index (χ1n) is 8.62. The summed E-state index contributed by atoms with van der Waals surface area (Å²) in [4.78, 5) is 22.5. The highest BCUT2D eigenvalue weighted by molar-refractivity contribution is 5.91. The Kier molecular flexibility index (Phi) is 5.64. The molecule has 0 amide bonds. The van der Waals surface area contributed by atoms with Crippen LogP contribution in [0.5, 0.6) is 11.5 Å². The highest BCUT2D eigenvalue weighted by Crippen LogP contribution is 2.28. The standard InChI is InChI=1S/C21H17N3O5/c1-13-10-17(11-14(2)20(13)25)23-22-16-5-3-4-15(12-16)21(26)29-19-8-6-18(7-9-19)24(27)28/h3-12,25H,1-2H3/b23-22+. The summed E-state index contributed by atoms with van der Waals surface area (Å²) in [6.45, 7) is 3.55. The van der Waals surface area contributed by atoms with Crippen molar-refractivity contribution in [2.75, 3.05) is 0 Å². The highest BCUT2D eigenvalue weighted by atomic mass is 16.6. The predicted octanol–water partition coefficient (Wildman–Crippen LogP) is 5.55. The molecule has 8 heteroatoms. The van der Waals surface area contributed by atoms with Crippen LogP contribution in [0.15, 0.2) is 70.9 Å². The number of aryl methyl sites for hydroxylation is 2. The van der Waals surface area contributed by atoms with Gasteiger partial charge in [-0.15, -0.1) is 0 Å². The maximum atomic E-state index is 12.3. The number of phenols is 1. The van der Waals surface area contributed by atoms with E-state index in [1.807, 2.05) is 0 Å². The third-order valence-corrected chi connectivity index (χ3v) is 4.10. The zero-order valence-corrected chi connectivity index (χ0v) is 15.7. The summed E-state index contributed by atoms with van der Waals surface area (Å²) in [5, 5.41) is 28.8. The fraction of sp³-hybridized carbons (Fsp3) is 0.0952. The van der Waals surface area contributed by atoms with Crippen LogP contribution >= 0.6 is 0 Å². The van der Waals surface area contributed by atoms with Gasteiger partial charge in [0.1, 0.15) is 11.5 Å². The first-order chi connectivity index (χ1) is 13.8. The van der Waals surface area contributed by atoms with Crippen LogP contribution in [0.3, 0.4) is 0 Å². The fourth-order valence-corrected chi connectivity index (χ4v) is 2.60. The van der Waals surface area contributed by atoms with Crippen molar-refractivity contribution < 1.29 is 19.6 Å². The molecule has 0 radical (unpaired) electrons. The molecule has 146 valence electrons. The van der Waals surface area contributed by atoms with Crippen molar-refractivity contribution in [3.63, 3.8) is 0 Å². The van der Waals surface area contributed by atoms with E-state index in [1.165, 1.54) is 30.3 Å². The number of hydrogen-bond donors (Lipinski definition) is 1. The van der Waals surface area contributed by atoms with Gasteiger partial charge in [0.15, 0.2) is 0 Å². The number of hydrogen-bond acceptors (Lipinski definition) is 7. The van der Waals surface area contributed by atoms with Crippen molar-refractivity contribution >= 4 is 23.0 Å². The van der Waals surface area contributed by atoms with Crippen molar-refractivity contribution in [3.8, 4) is 11.5 Å². The first-order valence-corrected chi connectivity index (χ1v) is 8.62. The second-order valence-electron chi connectivity index (χ2n) is 6.32. The number of esters is 1. The molecule has 3 rings (SSSR count). The Balaban J connectivity index is 1.75. The number of nitro benzene ring substituents is 1. The number of azo groups is 1. The Bertz CT molecular complexity index is 1080. The Morgan fingerprint density at radius 2 is 1.59 bits per heavy atom. The van der Waals surface area contributed by atoms with Crippen LogP contribution in [0.25, 0.3) is 0 Å². The maximum absolute atomic E-state index is 12.3. The molecule has 0 aliphatic carbocycles. The van der Waals surface area contributed by atoms with Gasteiger partial charge in [0.2, 0.25) is 0 Å². The molecular formula is C21H17N3O5. The van der Waals surface area contributed by atoms with Gasteiger partial charge in [0.05, 0.1) is 21.9 Å². The van der Waals surface area contributed by atoms with Gasteiger partial charge in [0, 0.05) is 12.1 Å². The van der Waals surface area contributed by atoms with Gasteiger partial charge in [-0.1, -0.05) is 6.07 Å². The predicted molar refractivity (Wildman–Crippen MR) is 106 cm³/mol. The largest absolute Gasteiger partial charge is 0.507 e. The summed E-state index contributed by atoms with van der Waals surface area (Å²) in [5.41, 5.74) is 2.59. The summed E-state index contributed by atoms with van der Waals surface area (Å²) >= 11 is 0. The van der Waals surface area contributed by atoms with Gasteiger partial charge >= 0.3 is 5.97 Å². The van der Waals surface area contributed by atoms with Crippen LogP contribution in [-0.2, 0) is 0 Å². The monoisotopic (exact) mass is 391 g/mol. The molecule has 0 fully saturated rings. The van der Waals surface area contributed by atoms with E-state index >= 15 is 0 Å². The molecule has 3 aromatic carbocycles. The number of non-ortho nitro benzene ring substituents is 1. The lowest BCUT2D eigenvalue weighted by Gasteiger charge is -2.05. The molecule has 0 unspecified atom stereocenters. The van der Waals surface area contributed by atoms with Gasteiger partial charge in [-0.25, -0.2) is 4.79 Å². The number of carbonyl (C=O) groups excluding carboxylic acids is 1. The van der Waals surface area contributed by atoms with E-state index < -0.39 is 10.9 Å². The fourth-order valence-electron chi connectivity index (χ4n) is 2.60. The molecule has 3 aromatic rings. The van der Waals surface area contributed by atoms with Crippen molar-refractivity contribution in [1.29, 1.82) is 0 Å². The summed E-state index contributed by atoms with van der Waals surface area (Å²) < 4.78 is 5.24. The number of nitrogens with zero attached hydrogens (tertiary/aromatic N) is 3. The summed E-state index contributed by atoms with van der Waals surface area (Å²) in [6, 6.07) is 15.1. The van der Waals surface area contributed by atoms with E-state index in [9.17, 15) is 20.0 Å². The molecule has 0 saturated heterocycles. The zero-order valence-electron chi connectivity index (χ0n) is 15.7. The quantitative estimate of drug-likeness (QED) is 0.201. The second-order valence-corrected chi connectivity index (χ2v) is 6.32. The van der Waals surface area contributed by atoms with Crippen LogP contribution in [0.1, 0.15) is 21.5 Å². The average Bonchev–Trinajstić information content (AvgIpc) is 2.71. The van der Waals surface area contributed by atoms with Gasteiger partial charge in [0.25, 0.3) is 5.69 Å². The van der Waals surface area contributed by atoms with Gasteiger partial charge in [-0.05, 0) is 67.4 Å². The second kappa shape index (κ2) is 8.30. The smallest absolute Gasteiger partial charge is 0.343 e. The third-order valence-electron chi connectivity index (χ3n) is 4.10. The Morgan fingerprint density at radius 1 is 0.966 bits per heavy atom. The Morgan fingerprint density at radius 3 is 2.21 bits per heavy atom. The van der Waals surface area contributed by atoms with Crippen LogP contribution in [0.2, 0.25) is 0 Å². The molecule has 8 nitrogen and oxygen atoms in total. The van der Waals surface area contributed by atoms with E-state index in [1.54, 1.807) is 44.2 Å². The number of phenolic OH excluding ortho intramolecular Hbond substituents is 1. The summed E-state index contributed by atoms with van der Waals surface area (Å²) in [5.74, 6) is -0.199. The molecule has 0 atom stereocenters. The molecule has 1 N–H and O–H groups in total. The SMILES string of the molecule is Cc1cc(/N=N/c2cccc(C(=O)Oc3ccc([N+](=O)[O-])cc3)c2)cc(C)c1O. The van der Waals surface area contributed by atoms with Crippen LogP contribution in [0.4, 0.5) is 17.1 Å². The van der Waals surface area contributed by atoms with Crippen molar-refractivity contribution in [3.05, 3.63) is 87.5 Å². The van der Waals surface area contributed by atoms with E-state index in [0.717, 1.165) is 0 Å². The molecule has 0 bridgehead atoms. The third kappa shape index (κ3) is 4.81. The van der Waals surface area contributed by atoms with Crippen molar-refractivity contribution in [2.24, 2.45) is 10.2 Å². The number of nitro groups is 1. The molecule has 0 aliphatic heterocycles. The lowest BCUT2D eigenvalue weighted by Crippen LogP contribution is -2.08. The van der Waals surface area contributed by atoms with Gasteiger partial charge < -0.3 is 9.84 Å². The molecular weight excluding hydrogens is 374 g/mol. The lowest BCUT2D eigenvalue weighted by molar-refractivity contribution is -0.384. The van der Waals surface area contributed by atoms with E-state index in [0.29, 0.717) is 22.5 Å². The minimum Gasteiger partial charge on any atom is -0.507 e. The van der Waals surface area contributed by atoms with Crippen molar-refractivity contribution in [2.45, 2.75) is 13.8 Å². The Hall–Kier alpha value is -4.07. The number of aromatic hydroxyl groups is 1. The summed E-state index contributed by atoms with van der Waals surface area (Å²) in [6.07, 6.45) is 0. The van der Waals surface area contributed by atoms with Gasteiger partial charge in [-0.3, -0.25) is 10.1 Å². The maximum Gasteiger partial charge on any atom is 0.343 e. The zero-order chi connectivity index (χ0) is 21.0. The number of rotatable bonds is 5. The van der Waals surface area contributed by atoms with Crippen LogP contribution in [0, 0.1) is 24.0 Å². The lowest BCUT2D eigenvalue weighted by atomic mass is 10.1. The molecule has 0 aliphatic rings. The molecule has 0 heterocycles. The first kappa shape index (κ1) is 19.7. The number of carbonyl (C=O) groups is 1. The van der Waals surface area contributed by atoms with E-state index in [-0.39, 0.29) is 22.7 Å². The molecule has 0 aromatic heterocycles. The Labute approximate surface area is 166 Å². The van der Waals surface area contributed by atoms with Crippen LogP contribution in [-0.4, -0.2) is 16.0 Å². The topological polar surface area (TPSA) is 114 Å². The van der Waals surface area contributed by atoms with E-state index in [2.05, 4.69) is 10.2 Å². The van der Waals surface area contributed by atoms with Crippen LogP contribution < -0.4 is 4.74 Å². The molecule has 0 spiro atoms.